The molecule has 1 fully saturated rings. The van der Waals surface area contributed by atoms with E-state index in [0.717, 1.165) is 31.2 Å². The molecule has 1 aromatic heterocycles. The highest BCUT2D eigenvalue weighted by Crippen LogP contribution is 2.26. The Bertz CT molecular complexity index is 1860. The number of benzene rings is 3. The molecule has 13 heteroatoms. The lowest BCUT2D eigenvalue weighted by molar-refractivity contribution is -0.125. The summed E-state index contributed by atoms with van der Waals surface area (Å²) >= 11 is 6.04. The van der Waals surface area contributed by atoms with Crippen molar-refractivity contribution in [2.24, 2.45) is 5.10 Å². The second-order valence-corrected chi connectivity index (χ2v) is 14.3. The van der Waals surface area contributed by atoms with Gasteiger partial charge < -0.3 is 4.57 Å². The maximum Gasteiger partial charge on any atom is 0.259 e. The summed E-state index contributed by atoms with van der Waals surface area (Å²) in [7, 11) is -8.10. The first-order valence-corrected chi connectivity index (χ1v) is 16.7. The van der Waals surface area contributed by atoms with Crippen LogP contribution in [0.25, 0.3) is 5.69 Å². The molecule has 1 N–H and O–H groups in total. The van der Waals surface area contributed by atoms with Crippen LogP contribution in [0.1, 0.15) is 17.0 Å². The molecule has 10 nitrogen and oxygen atoms in total. The van der Waals surface area contributed by atoms with Crippen LogP contribution in [0.4, 0.5) is 0 Å². The molecule has 0 aliphatic carbocycles. The predicted octanol–water partition coefficient (Wildman–Crippen LogP) is 3.96. The number of sulfonamides is 2. The molecule has 224 valence electrons. The van der Waals surface area contributed by atoms with Crippen molar-refractivity contribution in [2.45, 2.75) is 29.7 Å². The average molecular weight is 640 g/mol. The van der Waals surface area contributed by atoms with Gasteiger partial charge in [0, 0.05) is 47.3 Å². The van der Waals surface area contributed by atoms with Crippen molar-refractivity contribution in [1.82, 2.24) is 18.6 Å². The average Bonchev–Trinajstić information content (AvgIpc) is 3.30. The number of hydrogen-bond acceptors (Lipinski definition) is 6. The largest absolute Gasteiger partial charge is 0.318 e. The molecule has 1 aliphatic rings. The molecule has 2 heterocycles. The third-order valence-corrected chi connectivity index (χ3v) is 11.3. The molecule has 5 rings (SSSR count). The minimum absolute atomic E-state index is 0.00491. The standard InChI is InChI=1S/C30H30ClN5O5S2/c1-22-19-24(23(2)36(22)26-15-13-25(31)14-16-26)20-32-33-30(37)29-21-34(42(38,39)27-9-5-3-6-10-27)17-18-35(29)43(40,41)28-11-7-4-8-12-28/h3-16,19-20,29H,17-18,21H2,1-2H3,(H,33,37)/b32-20+. The number of halogens is 1. The van der Waals surface area contributed by atoms with Crippen LogP contribution < -0.4 is 5.43 Å². The lowest BCUT2D eigenvalue weighted by Gasteiger charge is -2.38. The Hall–Kier alpha value is -3.81. The van der Waals surface area contributed by atoms with Crippen LogP contribution in [-0.2, 0) is 24.8 Å². The fraction of sp³-hybridized carbons (Fsp3) is 0.200. The van der Waals surface area contributed by atoms with Gasteiger partial charge in [-0.3, -0.25) is 4.79 Å². The van der Waals surface area contributed by atoms with E-state index in [1.54, 1.807) is 48.5 Å². The van der Waals surface area contributed by atoms with Crippen LogP contribution in [0, 0.1) is 13.8 Å². The van der Waals surface area contributed by atoms with Gasteiger partial charge in [0.25, 0.3) is 5.91 Å². The van der Waals surface area contributed by atoms with E-state index in [4.69, 9.17) is 11.6 Å². The molecule has 0 spiro atoms. The van der Waals surface area contributed by atoms with E-state index in [9.17, 15) is 21.6 Å². The van der Waals surface area contributed by atoms with Crippen LogP contribution >= 0.6 is 11.6 Å². The number of aromatic nitrogens is 1. The van der Waals surface area contributed by atoms with E-state index in [0.29, 0.717) is 5.02 Å². The van der Waals surface area contributed by atoms with Gasteiger partial charge in [-0.2, -0.15) is 13.7 Å². The number of nitrogens with one attached hydrogen (secondary N) is 1. The van der Waals surface area contributed by atoms with Gasteiger partial charge >= 0.3 is 0 Å². The van der Waals surface area contributed by atoms with Crippen molar-refractivity contribution in [3.05, 3.63) is 113 Å². The summed E-state index contributed by atoms with van der Waals surface area (Å²) in [5.41, 5.74) is 5.89. The topological polar surface area (TPSA) is 121 Å². The molecule has 1 saturated heterocycles. The van der Waals surface area contributed by atoms with E-state index in [1.165, 1.54) is 30.5 Å². The molecule has 0 saturated carbocycles. The molecule has 3 aromatic carbocycles. The van der Waals surface area contributed by atoms with Crippen LogP contribution in [-0.4, -0.2) is 67.8 Å². The Morgan fingerprint density at radius 1 is 0.860 bits per heavy atom. The summed E-state index contributed by atoms with van der Waals surface area (Å²) in [6.07, 6.45) is 1.48. The van der Waals surface area contributed by atoms with Gasteiger partial charge in [-0.15, -0.1) is 0 Å². The van der Waals surface area contributed by atoms with Crippen molar-refractivity contribution >= 4 is 43.8 Å². The fourth-order valence-electron chi connectivity index (χ4n) is 5.08. The fourth-order valence-corrected chi connectivity index (χ4v) is 8.25. The normalized spacial score (nSPS) is 16.9. The highest BCUT2D eigenvalue weighted by Gasteiger charge is 2.43. The summed E-state index contributed by atoms with van der Waals surface area (Å²) in [6, 6.07) is 23.5. The molecule has 0 bridgehead atoms. The van der Waals surface area contributed by atoms with Gasteiger partial charge in [0.2, 0.25) is 20.0 Å². The van der Waals surface area contributed by atoms with Crippen molar-refractivity contribution in [3.8, 4) is 5.69 Å². The summed E-state index contributed by atoms with van der Waals surface area (Å²) in [5, 5.41) is 4.75. The zero-order valence-electron chi connectivity index (χ0n) is 23.5. The van der Waals surface area contributed by atoms with Crippen molar-refractivity contribution in [3.63, 3.8) is 0 Å². The maximum atomic E-state index is 13.6. The summed E-state index contributed by atoms with van der Waals surface area (Å²) in [6.45, 7) is 3.14. The minimum Gasteiger partial charge on any atom is -0.318 e. The van der Waals surface area contributed by atoms with Gasteiger partial charge in [0.1, 0.15) is 6.04 Å². The number of carbonyl (C=O) groups excluding carboxylic acids is 1. The Kier molecular flexibility index (Phi) is 8.86. The number of aryl methyl sites for hydroxylation is 1. The third-order valence-electron chi connectivity index (χ3n) is 7.26. The van der Waals surface area contributed by atoms with E-state index in [-0.39, 0.29) is 29.4 Å². The van der Waals surface area contributed by atoms with E-state index in [2.05, 4.69) is 10.5 Å². The van der Waals surface area contributed by atoms with Crippen LogP contribution in [0.15, 0.2) is 106 Å². The maximum absolute atomic E-state index is 13.6. The second kappa shape index (κ2) is 12.4. The lowest BCUT2D eigenvalue weighted by Crippen LogP contribution is -2.60. The van der Waals surface area contributed by atoms with Gasteiger partial charge in [0.05, 0.1) is 16.0 Å². The number of amides is 1. The number of carbonyl (C=O) groups is 1. The van der Waals surface area contributed by atoms with E-state index >= 15 is 0 Å². The lowest BCUT2D eigenvalue weighted by atomic mass is 10.2. The number of nitrogens with zero attached hydrogens (tertiary/aromatic N) is 4. The molecule has 4 aromatic rings. The summed E-state index contributed by atoms with van der Waals surface area (Å²) < 4.78 is 58.1. The SMILES string of the molecule is Cc1cc(/C=N/NC(=O)C2CN(S(=O)(=O)c3ccccc3)CCN2S(=O)(=O)c2ccccc2)c(C)n1-c1ccc(Cl)cc1. The van der Waals surface area contributed by atoms with Gasteiger partial charge in [-0.25, -0.2) is 22.3 Å². The highest BCUT2D eigenvalue weighted by atomic mass is 35.5. The summed E-state index contributed by atoms with van der Waals surface area (Å²) in [5.74, 6) is -0.754. The molecule has 1 aliphatic heterocycles. The molecule has 1 amide bonds. The van der Waals surface area contributed by atoms with Gasteiger partial charge in [-0.1, -0.05) is 48.0 Å². The van der Waals surface area contributed by atoms with Crippen molar-refractivity contribution in [1.29, 1.82) is 0 Å². The first-order valence-electron chi connectivity index (χ1n) is 13.4. The third kappa shape index (κ3) is 6.29. The summed E-state index contributed by atoms with van der Waals surface area (Å²) in [4.78, 5) is 13.6. The van der Waals surface area contributed by atoms with E-state index < -0.39 is 32.0 Å². The Balaban J connectivity index is 1.41. The number of hydrazone groups is 1. The number of rotatable bonds is 8. The van der Waals surface area contributed by atoms with Crippen molar-refractivity contribution in [2.75, 3.05) is 19.6 Å². The van der Waals surface area contributed by atoms with Crippen LogP contribution in [0.5, 0.6) is 0 Å². The highest BCUT2D eigenvalue weighted by molar-refractivity contribution is 7.89. The monoisotopic (exact) mass is 639 g/mol. The molecular weight excluding hydrogens is 610 g/mol. The van der Waals surface area contributed by atoms with Crippen LogP contribution in [0.3, 0.4) is 0 Å². The zero-order chi connectivity index (χ0) is 30.8. The minimum atomic E-state index is -4.12. The van der Waals surface area contributed by atoms with Crippen molar-refractivity contribution < 1.29 is 21.6 Å². The van der Waals surface area contributed by atoms with Crippen LogP contribution in [0.2, 0.25) is 5.02 Å². The first kappa shape index (κ1) is 30.6. The Labute approximate surface area is 256 Å². The zero-order valence-corrected chi connectivity index (χ0v) is 25.8. The molecule has 1 atom stereocenters. The second-order valence-electron chi connectivity index (χ2n) is 9.99. The number of piperazine rings is 1. The van der Waals surface area contributed by atoms with Gasteiger partial charge in [0.15, 0.2) is 0 Å². The Morgan fingerprint density at radius 3 is 2.05 bits per heavy atom. The Morgan fingerprint density at radius 2 is 1.44 bits per heavy atom. The van der Waals surface area contributed by atoms with Gasteiger partial charge in [-0.05, 0) is 68.4 Å². The smallest absolute Gasteiger partial charge is 0.259 e. The molecule has 0 radical (unpaired) electrons. The molecule has 43 heavy (non-hydrogen) atoms. The first-order chi connectivity index (χ1) is 20.5. The predicted molar refractivity (Wildman–Crippen MR) is 165 cm³/mol. The quantitative estimate of drug-likeness (QED) is 0.231. The van der Waals surface area contributed by atoms with E-state index in [1.807, 2.05) is 36.6 Å². The molecular formula is C30H30ClN5O5S2. The number of hydrogen-bond donors (Lipinski definition) is 1. The molecule has 1 unspecified atom stereocenters.